The van der Waals surface area contributed by atoms with Gasteiger partial charge in [0.25, 0.3) is 28.9 Å². The molecule has 4 aromatic carbocycles. The van der Waals surface area contributed by atoms with Crippen molar-refractivity contribution in [3.8, 4) is 0 Å². The van der Waals surface area contributed by atoms with Gasteiger partial charge in [-0.2, -0.15) is 26.3 Å². The second-order valence-corrected chi connectivity index (χ2v) is 15.9. The fourth-order valence-electron chi connectivity index (χ4n) is 7.05. The summed E-state index contributed by atoms with van der Waals surface area (Å²) >= 11 is 23.9. The van der Waals surface area contributed by atoms with Crippen molar-refractivity contribution in [2.45, 2.75) is 50.2 Å². The van der Waals surface area contributed by atoms with Gasteiger partial charge in [0.2, 0.25) is 0 Å². The molecule has 0 fully saturated rings. The Kier molecular flexibility index (Phi) is 10.9. The van der Waals surface area contributed by atoms with E-state index in [4.69, 9.17) is 56.1 Å². The molecule has 2 unspecified atom stereocenters. The molecule has 0 bridgehead atoms. The van der Waals surface area contributed by atoms with Crippen LogP contribution in [-0.2, 0) is 25.7 Å². The lowest BCUT2D eigenvalue weighted by Crippen LogP contribution is -2.42. The number of nitrogens with one attached hydrogen (secondary N) is 1. The monoisotopic (exact) mass is 912 g/mol. The zero-order valence-electron chi connectivity index (χ0n) is 30.7. The second kappa shape index (κ2) is 15.3. The smallest absolute Gasteiger partial charge is 0.435 e. The maximum Gasteiger partial charge on any atom is 0.435 e. The van der Waals surface area contributed by atoms with Crippen molar-refractivity contribution in [3.63, 3.8) is 0 Å². The minimum Gasteiger partial charge on any atom is -0.508 e. The van der Waals surface area contributed by atoms with E-state index in [9.17, 15) is 45.8 Å². The van der Waals surface area contributed by atoms with Crippen LogP contribution in [0.25, 0.3) is 0 Å². The van der Waals surface area contributed by atoms with Gasteiger partial charge in [-0.05, 0) is 96.8 Å². The van der Waals surface area contributed by atoms with Crippen LogP contribution in [0.2, 0.25) is 20.1 Å². The maximum absolute atomic E-state index is 14.5. The molecular weight excluding hydrogens is 888 g/mol. The predicted molar refractivity (Wildman–Crippen MR) is 208 cm³/mol. The van der Waals surface area contributed by atoms with E-state index >= 15 is 0 Å². The number of carbonyl (C=O) groups is 3. The third-order valence-electron chi connectivity index (χ3n) is 10.2. The third kappa shape index (κ3) is 7.54. The quantitative estimate of drug-likeness (QED) is 0.140. The van der Waals surface area contributed by atoms with Crippen molar-refractivity contribution in [1.29, 1.82) is 0 Å². The molecule has 20 heteroatoms. The first kappa shape index (κ1) is 42.8. The Morgan fingerprint density at radius 2 is 1.12 bits per heavy atom. The number of halogens is 10. The van der Waals surface area contributed by atoms with Gasteiger partial charge in [-0.1, -0.05) is 68.8 Å². The van der Waals surface area contributed by atoms with E-state index in [2.05, 4.69) is 15.6 Å². The lowest BCUT2D eigenvalue weighted by molar-refractivity contribution is -0.276. The summed E-state index contributed by atoms with van der Waals surface area (Å²) in [6.45, 7) is 2.33. The molecule has 2 atom stereocenters. The Labute approximate surface area is 355 Å². The molecule has 0 radical (unpaired) electrons. The zero-order valence-corrected chi connectivity index (χ0v) is 33.7. The number of hydrogen-bond acceptors (Lipinski definition) is 8. The summed E-state index contributed by atoms with van der Waals surface area (Å²) in [5, 5.41) is 20.3. The van der Waals surface area contributed by atoms with E-state index in [1.54, 1.807) is 0 Å². The van der Waals surface area contributed by atoms with E-state index in [1.165, 1.54) is 62.4 Å². The van der Waals surface area contributed by atoms with Crippen molar-refractivity contribution < 1.29 is 55.5 Å². The Hall–Kier alpha value is -5.29. The molecule has 2 N–H and O–H groups in total. The highest BCUT2D eigenvalue weighted by Gasteiger charge is 2.63. The zero-order chi connectivity index (χ0) is 43.7. The molecule has 312 valence electrons. The summed E-state index contributed by atoms with van der Waals surface area (Å²) in [5.41, 5.74) is -6.53. The number of nitrogens with zero attached hydrogens (tertiary/aromatic N) is 3. The normalized spacial score (nSPS) is 20.5. The molecular formula is C40H26Cl4F6N4O6. The van der Waals surface area contributed by atoms with Gasteiger partial charge in [0.05, 0.1) is 18.0 Å². The van der Waals surface area contributed by atoms with E-state index in [0.717, 1.165) is 24.3 Å². The van der Waals surface area contributed by atoms with E-state index < -0.39 is 72.1 Å². The number of carbonyl (C=O) groups excluding carboxylic acids is 3. The van der Waals surface area contributed by atoms with Gasteiger partial charge in [-0.15, -0.1) is 0 Å². The molecule has 0 aromatic heterocycles. The van der Waals surface area contributed by atoms with Gasteiger partial charge < -0.3 is 20.1 Å². The van der Waals surface area contributed by atoms with Gasteiger partial charge in [0.15, 0.2) is 0 Å². The molecule has 3 amide bonds. The SMILES string of the molecule is Cc1cc(C2=NOC(c3cc(Cl)cc(Cl)c3)(C(F)(F)F)C2)ccc1C(=O)NC1=C(O)CN(C(=O)c2ccc(C3=NOC(c4cc(Cl)cc(Cl)c4)(C(F)(F)F)C3)cc2C)C1=O. The van der Waals surface area contributed by atoms with Gasteiger partial charge in [-0.3, -0.25) is 19.3 Å². The minimum absolute atomic E-state index is 0.0295. The summed E-state index contributed by atoms with van der Waals surface area (Å²) in [6, 6.07) is 14.8. The Balaban J connectivity index is 1.03. The van der Waals surface area contributed by atoms with Crippen LogP contribution in [0.3, 0.4) is 0 Å². The minimum atomic E-state index is -4.94. The number of amides is 3. The Morgan fingerprint density at radius 3 is 1.52 bits per heavy atom. The molecule has 7 rings (SSSR count). The molecule has 3 aliphatic rings. The summed E-state index contributed by atoms with van der Waals surface area (Å²) < 4.78 is 87.0. The van der Waals surface area contributed by atoms with Crippen molar-refractivity contribution in [1.82, 2.24) is 10.2 Å². The van der Waals surface area contributed by atoms with E-state index in [1.807, 2.05) is 0 Å². The fourth-order valence-corrected chi connectivity index (χ4v) is 8.10. The molecule has 0 saturated carbocycles. The summed E-state index contributed by atoms with van der Waals surface area (Å²) in [6.07, 6.45) is -11.4. The molecule has 0 spiro atoms. The van der Waals surface area contributed by atoms with Crippen molar-refractivity contribution in [2.24, 2.45) is 10.3 Å². The summed E-state index contributed by atoms with van der Waals surface area (Å²) in [5.74, 6) is -3.48. The van der Waals surface area contributed by atoms with Crippen LogP contribution in [0.5, 0.6) is 0 Å². The molecule has 10 nitrogen and oxygen atoms in total. The van der Waals surface area contributed by atoms with Crippen molar-refractivity contribution >= 4 is 75.5 Å². The Morgan fingerprint density at radius 1 is 0.700 bits per heavy atom. The molecule has 0 aliphatic carbocycles. The van der Waals surface area contributed by atoms with Gasteiger partial charge >= 0.3 is 12.4 Å². The predicted octanol–water partition coefficient (Wildman–Crippen LogP) is 10.3. The molecule has 60 heavy (non-hydrogen) atoms. The highest BCUT2D eigenvalue weighted by Crippen LogP contribution is 2.51. The number of aryl methyl sites for hydroxylation is 2. The second-order valence-electron chi connectivity index (χ2n) is 14.1. The lowest BCUT2D eigenvalue weighted by atomic mass is 9.86. The molecule has 3 heterocycles. The highest BCUT2D eigenvalue weighted by atomic mass is 35.5. The highest BCUT2D eigenvalue weighted by molar-refractivity contribution is 6.35. The maximum atomic E-state index is 14.5. The van der Waals surface area contributed by atoms with E-state index in [0.29, 0.717) is 4.90 Å². The number of hydrogen-bond donors (Lipinski definition) is 2. The molecule has 4 aromatic rings. The van der Waals surface area contributed by atoms with Gasteiger partial charge in [0.1, 0.15) is 11.5 Å². The third-order valence-corrected chi connectivity index (χ3v) is 11.0. The van der Waals surface area contributed by atoms with Crippen molar-refractivity contribution in [2.75, 3.05) is 6.54 Å². The summed E-state index contributed by atoms with van der Waals surface area (Å²) in [4.78, 5) is 51.2. The largest absolute Gasteiger partial charge is 0.508 e. The number of rotatable bonds is 7. The first-order valence-corrected chi connectivity index (χ1v) is 18.9. The standard InChI is InChI=1S/C40H26Cl4F6N4O6/c1-18-7-20(30-15-37(59-52-30,39(45,46)47)22-9-24(41)13-25(42)10-22)3-5-28(18)34(56)51-33-32(55)17-54(36(33)58)35(57)29-6-4-21(8-19(29)2)31-16-38(60-53-31,40(48,49)50)23-11-26(43)14-27(44)12-23/h3-14,55H,15-17H2,1-2H3,(H,51,56). The summed E-state index contributed by atoms with van der Waals surface area (Å²) in [7, 11) is 0. The number of aliphatic hydroxyl groups is 1. The number of alkyl halides is 6. The number of aliphatic hydroxyl groups excluding tert-OH is 1. The molecule has 3 aliphatic heterocycles. The fraction of sp³-hybridized carbons (Fsp3) is 0.225. The number of imide groups is 1. The van der Waals surface area contributed by atoms with Crippen LogP contribution >= 0.6 is 46.4 Å². The van der Waals surface area contributed by atoms with Crippen LogP contribution in [0, 0.1) is 13.8 Å². The topological polar surface area (TPSA) is 130 Å². The average molecular weight is 914 g/mol. The molecule has 0 saturated heterocycles. The van der Waals surface area contributed by atoms with Crippen LogP contribution in [-0.4, -0.2) is 58.0 Å². The Bertz CT molecular complexity index is 2580. The average Bonchev–Trinajstić information content (AvgIpc) is 3.88. The lowest BCUT2D eigenvalue weighted by Gasteiger charge is -2.29. The van der Waals surface area contributed by atoms with Gasteiger partial charge in [0, 0.05) is 55.2 Å². The number of oxime groups is 2. The van der Waals surface area contributed by atoms with Crippen LogP contribution in [0.15, 0.2) is 94.6 Å². The van der Waals surface area contributed by atoms with Crippen molar-refractivity contribution in [3.05, 3.63) is 149 Å². The van der Waals surface area contributed by atoms with E-state index in [-0.39, 0.29) is 76.0 Å². The number of benzene rings is 4. The first-order chi connectivity index (χ1) is 28.0. The van der Waals surface area contributed by atoms with Gasteiger partial charge in [-0.25, -0.2) is 0 Å². The van der Waals surface area contributed by atoms with Crippen LogP contribution in [0.1, 0.15) is 66.9 Å². The first-order valence-electron chi connectivity index (χ1n) is 17.4. The van der Waals surface area contributed by atoms with Crippen LogP contribution in [0.4, 0.5) is 26.3 Å². The van der Waals surface area contributed by atoms with Crippen LogP contribution < -0.4 is 5.32 Å².